The Morgan fingerprint density at radius 2 is 1.76 bits per heavy atom. The number of nitrogens with one attached hydrogen (secondary N) is 1. The first-order valence-corrected chi connectivity index (χ1v) is 8.10. The van der Waals surface area contributed by atoms with E-state index in [-0.39, 0.29) is 5.56 Å². The number of piperidine rings is 1. The van der Waals surface area contributed by atoms with Crippen LogP contribution in [0.5, 0.6) is 0 Å². The van der Waals surface area contributed by atoms with Crippen LogP contribution in [0.1, 0.15) is 19.3 Å². The van der Waals surface area contributed by atoms with Crippen molar-refractivity contribution in [1.29, 1.82) is 0 Å². The zero-order valence-corrected chi connectivity index (χ0v) is 12.4. The largest absolute Gasteiger partial charge is 0.378 e. The van der Waals surface area contributed by atoms with Crippen molar-refractivity contribution in [1.82, 2.24) is 4.98 Å². The maximum atomic E-state index is 12.0. The van der Waals surface area contributed by atoms with E-state index in [0.717, 1.165) is 62.7 Å². The van der Waals surface area contributed by atoms with Crippen molar-refractivity contribution in [3.63, 3.8) is 0 Å². The maximum absolute atomic E-state index is 12.0. The van der Waals surface area contributed by atoms with Gasteiger partial charge in [0, 0.05) is 44.0 Å². The van der Waals surface area contributed by atoms with E-state index in [1.54, 1.807) is 6.07 Å². The summed E-state index contributed by atoms with van der Waals surface area (Å²) in [5.41, 5.74) is 1.04. The van der Waals surface area contributed by atoms with Gasteiger partial charge in [0.1, 0.15) is 5.82 Å². The lowest BCUT2D eigenvalue weighted by Crippen LogP contribution is -2.39. The average molecular weight is 289 g/mol. The predicted molar refractivity (Wildman–Crippen MR) is 83.1 cm³/mol. The molecule has 0 amide bonds. The topological polar surface area (TPSA) is 48.6 Å². The first-order chi connectivity index (χ1) is 10.3. The molecule has 1 aliphatic carbocycles. The number of pyridine rings is 1. The van der Waals surface area contributed by atoms with Crippen LogP contribution in [0.25, 0.3) is 0 Å². The predicted octanol–water partition coefficient (Wildman–Crippen LogP) is 1.45. The van der Waals surface area contributed by atoms with Crippen LogP contribution in [-0.4, -0.2) is 44.4 Å². The normalized spacial score (nSPS) is 29.0. The SMILES string of the molecule is O=c1cc(N2CCOCC2)cc(N2C[C@@H]3CC[C@@H](C3)C2)[nH]1. The minimum absolute atomic E-state index is 0.00640. The Balaban J connectivity index is 1.60. The third-order valence-electron chi connectivity index (χ3n) is 5.14. The number of rotatable bonds is 2. The number of aromatic nitrogens is 1. The minimum atomic E-state index is 0.00640. The summed E-state index contributed by atoms with van der Waals surface area (Å²) in [7, 11) is 0. The summed E-state index contributed by atoms with van der Waals surface area (Å²) in [4.78, 5) is 19.7. The monoisotopic (exact) mass is 289 g/mol. The van der Waals surface area contributed by atoms with Crippen LogP contribution in [0.2, 0.25) is 0 Å². The van der Waals surface area contributed by atoms with Gasteiger partial charge < -0.3 is 19.5 Å². The highest BCUT2D eigenvalue weighted by atomic mass is 16.5. The summed E-state index contributed by atoms with van der Waals surface area (Å²) in [6.45, 7) is 5.42. The number of ether oxygens (including phenoxy) is 1. The van der Waals surface area contributed by atoms with Crippen LogP contribution in [0.15, 0.2) is 16.9 Å². The Bertz CT molecular complexity index is 553. The molecule has 5 nitrogen and oxygen atoms in total. The Morgan fingerprint density at radius 1 is 1.05 bits per heavy atom. The van der Waals surface area contributed by atoms with Gasteiger partial charge in [-0.2, -0.15) is 0 Å². The van der Waals surface area contributed by atoms with Gasteiger partial charge in [0.25, 0.3) is 5.56 Å². The highest BCUT2D eigenvalue weighted by molar-refractivity contribution is 5.55. The van der Waals surface area contributed by atoms with Crippen molar-refractivity contribution in [2.24, 2.45) is 11.8 Å². The Labute approximate surface area is 124 Å². The molecule has 21 heavy (non-hydrogen) atoms. The third kappa shape index (κ3) is 2.67. The summed E-state index contributed by atoms with van der Waals surface area (Å²) < 4.78 is 5.40. The fraction of sp³-hybridized carbons (Fsp3) is 0.688. The smallest absolute Gasteiger partial charge is 0.251 e. The number of nitrogens with zero attached hydrogens (tertiary/aromatic N) is 2. The molecule has 1 saturated carbocycles. The second kappa shape index (κ2) is 5.37. The zero-order valence-electron chi connectivity index (χ0n) is 12.4. The fourth-order valence-corrected chi connectivity index (χ4v) is 4.09. The Kier molecular flexibility index (Phi) is 3.37. The molecule has 3 fully saturated rings. The van der Waals surface area contributed by atoms with E-state index in [1.165, 1.54) is 19.3 Å². The average Bonchev–Trinajstić information content (AvgIpc) is 2.86. The highest BCUT2D eigenvalue weighted by Crippen LogP contribution is 2.37. The van der Waals surface area contributed by atoms with Gasteiger partial charge in [0.05, 0.1) is 13.2 Å². The summed E-state index contributed by atoms with van der Waals surface area (Å²) in [5.74, 6) is 2.64. The lowest BCUT2D eigenvalue weighted by Gasteiger charge is -2.34. The number of morpholine rings is 1. The molecule has 1 N–H and O–H groups in total. The molecule has 2 bridgehead atoms. The molecule has 0 spiro atoms. The quantitative estimate of drug-likeness (QED) is 0.895. The molecule has 3 aliphatic rings. The first-order valence-electron chi connectivity index (χ1n) is 8.10. The van der Waals surface area contributed by atoms with Gasteiger partial charge in [-0.05, 0) is 31.1 Å². The molecule has 0 aromatic carbocycles. The van der Waals surface area contributed by atoms with Gasteiger partial charge in [-0.15, -0.1) is 0 Å². The van der Waals surface area contributed by atoms with Crippen LogP contribution in [-0.2, 0) is 4.74 Å². The van der Waals surface area contributed by atoms with Gasteiger partial charge >= 0.3 is 0 Å². The molecule has 0 unspecified atom stereocenters. The van der Waals surface area contributed by atoms with Gasteiger partial charge in [0.15, 0.2) is 0 Å². The standard InChI is InChI=1S/C16H23N3O2/c20-16-9-14(18-3-5-21-6-4-18)8-15(17-16)19-10-12-1-2-13(7-12)11-19/h8-9,12-13H,1-7,10-11H2,(H,17,20)/t12-,13+. The summed E-state index contributed by atoms with van der Waals surface area (Å²) in [5, 5.41) is 0. The molecular formula is C16H23N3O2. The number of aromatic amines is 1. The van der Waals surface area contributed by atoms with Crippen molar-refractivity contribution < 1.29 is 4.74 Å². The molecule has 2 aliphatic heterocycles. The molecular weight excluding hydrogens is 266 g/mol. The van der Waals surface area contributed by atoms with Crippen LogP contribution < -0.4 is 15.4 Å². The second-order valence-electron chi connectivity index (χ2n) is 6.64. The molecule has 1 aromatic rings. The van der Waals surface area contributed by atoms with Crippen molar-refractivity contribution >= 4 is 11.5 Å². The molecule has 2 saturated heterocycles. The van der Waals surface area contributed by atoms with E-state index in [4.69, 9.17) is 4.74 Å². The van der Waals surface area contributed by atoms with E-state index < -0.39 is 0 Å². The van der Waals surface area contributed by atoms with Gasteiger partial charge in [0.2, 0.25) is 0 Å². The van der Waals surface area contributed by atoms with Gasteiger partial charge in [-0.1, -0.05) is 0 Å². The molecule has 4 rings (SSSR count). The Hall–Kier alpha value is -1.49. The number of anilines is 2. The molecule has 114 valence electrons. The van der Waals surface area contributed by atoms with Crippen molar-refractivity contribution in [3.05, 3.63) is 22.5 Å². The van der Waals surface area contributed by atoms with Crippen molar-refractivity contribution in [3.8, 4) is 0 Å². The van der Waals surface area contributed by atoms with Crippen molar-refractivity contribution in [2.45, 2.75) is 19.3 Å². The van der Waals surface area contributed by atoms with Crippen LogP contribution in [0.4, 0.5) is 11.5 Å². The van der Waals surface area contributed by atoms with E-state index in [9.17, 15) is 4.79 Å². The van der Waals surface area contributed by atoms with Crippen LogP contribution in [0.3, 0.4) is 0 Å². The van der Waals surface area contributed by atoms with E-state index in [1.807, 2.05) is 0 Å². The number of fused-ring (bicyclic) bond motifs is 2. The Morgan fingerprint density at radius 3 is 2.48 bits per heavy atom. The van der Waals surface area contributed by atoms with E-state index >= 15 is 0 Å². The number of hydrogen-bond donors (Lipinski definition) is 1. The molecule has 2 atom stereocenters. The minimum Gasteiger partial charge on any atom is -0.378 e. The summed E-state index contributed by atoms with van der Waals surface area (Å²) >= 11 is 0. The van der Waals surface area contributed by atoms with Crippen LogP contribution >= 0.6 is 0 Å². The first kappa shape index (κ1) is 13.2. The van der Waals surface area contributed by atoms with Crippen molar-refractivity contribution in [2.75, 3.05) is 49.2 Å². The second-order valence-corrected chi connectivity index (χ2v) is 6.64. The molecule has 3 heterocycles. The molecule has 0 radical (unpaired) electrons. The number of H-pyrrole nitrogens is 1. The third-order valence-corrected chi connectivity index (χ3v) is 5.14. The highest BCUT2D eigenvalue weighted by Gasteiger charge is 2.33. The lowest BCUT2D eigenvalue weighted by molar-refractivity contribution is 0.122. The molecule has 1 aromatic heterocycles. The number of hydrogen-bond acceptors (Lipinski definition) is 4. The maximum Gasteiger partial charge on any atom is 0.251 e. The van der Waals surface area contributed by atoms with Gasteiger partial charge in [-0.25, -0.2) is 0 Å². The van der Waals surface area contributed by atoms with E-state index in [0.29, 0.717) is 0 Å². The van der Waals surface area contributed by atoms with Gasteiger partial charge in [-0.3, -0.25) is 4.79 Å². The molecule has 5 heteroatoms. The summed E-state index contributed by atoms with van der Waals surface area (Å²) in [6.07, 6.45) is 4.09. The van der Waals surface area contributed by atoms with E-state index in [2.05, 4.69) is 20.9 Å². The fourth-order valence-electron chi connectivity index (χ4n) is 4.09. The van der Waals surface area contributed by atoms with Crippen LogP contribution in [0, 0.1) is 11.8 Å². The lowest BCUT2D eigenvalue weighted by atomic mass is 9.99. The zero-order chi connectivity index (χ0) is 14.2. The summed E-state index contributed by atoms with van der Waals surface area (Å²) in [6, 6.07) is 3.87.